The van der Waals surface area contributed by atoms with E-state index in [1.54, 1.807) is 7.11 Å². The molecule has 4 nitrogen and oxygen atoms in total. The summed E-state index contributed by atoms with van der Waals surface area (Å²) in [5.41, 5.74) is 1.49. The largest absolute Gasteiger partial charge is 0.385 e. The molecule has 0 spiro atoms. The molecule has 4 heteroatoms. The predicted octanol–water partition coefficient (Wildman–Crippen LogP) is 3.05. The number of methoxy groups -OCH3 is 1. The van der Waals surface area contributed by atoms with Crippen molar-refractivity contribution in [2.24, 2.45) is 0 Å². The van der Waals surface area contributed by atoms with E-state index in [-0.39, 0.29) is 17.6 Å². The normalized spacial score (nSPS) is 11.5. The van der Waals surface area contributed by atoms with Crippen molar-refractivity contribution in [3.05, 3.63) is 29.8 Å². The van der Waals surface area contributed by atoms with Crippen LogP contribution < -0.4 is 10.6 Å². The highest BCUT2D eigenvalue weighted by molar-refractivity contribution is 5.95. The molecule has 1 aromatic carbocycles. The van der Waals surface area contributed by atoms with Gasteiger partial charge in [0, 0.05) is 30.9 Å². The first-order valence-corrected chi connectivity index (χ1v) is 7.04. The van der Waals surface area contributed by atoms with Gasteiger partial charge in [-0.3, -0.25) is 4.79 Å². The van der Waals surface area contributed by atoms with E-state index >= 15 is 0 Å². The summed E-state index contributed by atoms with van der Waals surface area (Å²) in [5, 5.41) is 6.21. The van der Waals surface area contributed by atoms with Crippen LogP contribution in [0.3, 0.4) is 0 Å². The molecule has 0 aliphatic heterocycles. The van der Waals surface area contributed by atoms with Crippen LogP contribution in [0.15, 0.2) is 24.3 Å². The average Bonchev–Trinajstić information content (AvgIpc) is 2.38. The summed E-state index contributed by atoms with van der Waals surface area (Å²) in [7, 11) is 1.72. The first-order valence-electron chi connectivity index (χ1n) is 7.04. The number of anilines is 1. The minimum Gasteiger partial charge on any atom is -0.385 e. The van der Waals surface area contributed by atoms with Gasteiger partial charge in [0.15, 0.2) is 0 Å². The maximum Gasteiger partial charge on any atom is 0.251 e. The highest BCUT2D eigenvalue weighted by Gasteiger charge is 2.15. The number of carbonyl (C=O) groups excluding carboxylic acids is 1. The van der Waals surface area contributed by atoms with Crippen molar-refractivity contribution < 1.29 is 9.53 Å². The van der Waals surface area contributed by atoms with E-state index < -0.39 is 0 Å². The maximum atomic E-state index is 11.9. The Kier molecular flexibility index (Phi) is 6.02. The second-order valence-electron chi connectivity index (χ2n) is 5.85. The number of amides is 1. The van der Waals surface area contributed by atoms with Crippen molar-refractivity contribution in [1.29, 1.82) is 0 Å². The van der Waals surface area contributed by atoms with Gasteiger partial charge < -0.3 is 15.4 Å². The summed E-state index contributed by atoms with van der Waals surface area (Å²) in [6, 6.07) is 7.69. The molecule has 0 fully saturated rings. The van der Waals surface area contributed by atoms with Crippen molar-refractivity contribution >= 4 is 11.6 Å². The topological polar surface area (TPSA) is 50.4 Å². The maximum absolute atomic E-state index is 11.9. The highest BCUT2D eigenvalue weighted by atomic mass is 16.5. The van der Waals surface area contributed by atoms with Gasteiger partial charge in [0.05, 0.1) is 5.60 Å². The molecule has 1 rings (SSSR count). The third-order valence-corrected chi connectivity index (χ3v) is 3.15. The van der Waals surface area contributed by atoms with Gasteiger partial charge in [-0.2, -0.15) is 0 Å². The molecule has 112 valence electrons. The SMILES string of the molecule is COC(C)(C)CCNc1cccc(C(=O)NC(C)C)c1. The second kappa shape index (κ2) is 7.29. The van der Waals surface area contributed by atoms with Gasteiger partial charge in [0.2, 0.25) is 0 Å². The average molecular weight is 278 g/mol. The highest BCUT2D eigenvalue weighted by Crippen LogP contribution is 2.15. The Labute approximate surface area is 121 Å². The van der Waals surface area contributed by atoms with Crippen molar-refractivity contribution in [1.82, 2.24) is 5.32 Å². The molecule has 2 N–H and O–H groups in total. The van der Waals surface area contributed by atoms with E-state index in [1.165, 1.54) is 0 Å². The lowest BCUT2D eigenvalue weighted by molar-refractivity contribution is 0.0185. The van der Waals surface area contributed by atoms with Gasteiger partial charge >= 0.3 is 0 Å². The fourth-order valence-corrected chi connectivity index (χ4v) is 1.73. The van der Waals surface area contributed by atoms with E-state index in [9.17, 15) is 4.79 Å². The van der Waals surface area contributed by atoms with Gasteiger partial charge in [-0.25, -0.2) is 0 Å². The smallest absolute Gasteiger partial charge is 0.251 e. The Balaban J connectivity index is 2.58. The van der Waals surface area contributed by atoms with Crippen LogP contribution in [-0.4, -0.2) is 31.2 Å². The number of rotatable bonds is 7. The first-order chi connectivity index (χ1) is 9.34. The number of benzene rings is 1. The lowest BCUT2D eigenvalue weighted by Crippen LogP contribution is -2.30. The minimum atomic E-state index is -0.139. The zero-order valence-corrected chi connectivity index (χ0v) is 13.1. The summed E-state index contributed by atoms with van der Waals surface area (Å²) >= 11 is 0. The van der Waals surface area contributed by atoms with Crippen molar-refractivity contribution in [2.45, 2.75) is 45.8 Å². The van der Waals surface area contributed by atoms with Gasteiger partial charge in [-0.05, 0) is 52.3 Å². The van der Waals surface area contributed by atoms with Crippen LogP contribution in [-0.2, 0) is 4.74 Å². The van der Waals surface area contributed by atoms with Crippen molar-refractivity contribution in [3.63, 3.8) is 0 Å². The molecule has 0 radical (unpaired) electrons. The lowest BCUT2D eigenvalue weighted by Gasteiger charge is -2.23. The Bertz CT molecular complexity index is 442. The fraction of sp³-hybridized carbons (Fsp3) is 0.562. The summed E-state index contributed by atoms with van der Waals surface area (Å²) < 4.78 is 5.38. The van der Waals surface area contributed by atoms with Gasteiger partial charge in [0.1, 0.15) is 0 Å². The number of hydrogen-bond donors (Lipinski definition) is 2. The number of hydrogen-bond acceptors (Lipinski definition) is 3. The standard InChI is InChI=1S/C16H26N2O2/c1-12(2)18-15(19)13-7-6-8-14(11-13)17-10-9-16(3,4)20-5/h6-8,11-12,17H,9-10H2,1-5H3,(H,18,19). The molecule has 1 amide bonds. The van der Waals surface area contributed by atoms with Crippen LogP contribution in [0.2, 0.25) is 0 Å². The van der Waals surface area contributed by atoms with E-state index in [0.29, 0.717) is 5.56 Å². The van der Waals surface area contributed by atoms with Crippen molar-refractivity contribution in [2.75, 3.05) is 19.0 Å². The Hall–Kier alpha value is -1.55. The monoisotopic (exact) mass is 278 g/mol. The van der Waals surface area contributed by atoms with E-state index in [2.05, 4.69) is 24.5 Å². The molecule has 0 aliphatic rings. The second-order valence-corrected chi connectivity index (χ2v) is 5.85. The van der Waals surface area contributed by atoms with E-state index in [1.807, 2.05) is 38.1 Å². The lowest BCUT2D eigenvalue weighted by atomic mass is 10.1. The molecular formula is C16H26N2O2. The zero-order chi connectivity index (χ0) is 15.2. The van der Waals surface area contributed by atoms with Crippen LogP contribution in [0, 0.1) is 0 Å². The Morgan fingerprint density at radius 3 is 2.65 bits per heavy atom. The van der Waals surface area contributed by atoms with Crippen LogP contribution >= 0.6 is 0 Å². The zero-order valence-electron chi connectivity index (χ0n) is 13.1. The summed E-state index contributed by atoms with van der Waals surface area (Å²) in [6.07, 6.45) is 0.895. The first kappa shape index (κ1) is 16.5. The summed E-state index contributed by atoms with van der Waals surface area (Å²) in [6.45, 7) is 8.82. The molecule has 0 unspecified atom stereocenters. The molecule has 0 aromatic heterocycles. The van der Waals surface area contributed by atoms with Crippen LogP contribution in [0.25, 0.3) is 0 Å². The predicted molar refractivity (Wildman–Crippen MR) is 83.2 cm³/mol. The Morgan fingerprint density at radius 2 is 2.05 bits per heavy atom. The Morgan fingerprint density at radius 1 is 1.35 bits per heavy atom. The molecule has 0 saturated heterocycles. The van der Waals surface area contributed by atoms with Crippen LogP contribution in [0.4, 0.5) is 5.69 Å². The van der Waals surface area contributed by atoms with Crippen LogP contribution in [0.1, 0.15) is 44.5 Å². The summed E-state index contributed by atoms with van der Waals surface area (Å²) in [4.78, 5) is 11.9. The molecule has 0 heterocycles. The number of carbonyl (C=O) groups is 1. The quantitative estimate of drug-likeness (QED) is 0.806. The van der Waals surface area contributed by atoms with Gasteiger partial charge in [-0.15, -0.1) is 0 Å². The van der Waals surface area contributed by atoms with Gasteiger partial charge in [0.25, 0.3) is 5.91 Å². The fourth-order valence-electron chi connectivity index (χ4n) is 1.73. The molecule has 0 aliphatic carbocycles. The molecule has 0 saturated carbocycles. The van der Waals surface area contributed by atoms with E-state index in [0.717, 1.165) is 18.7 Å². The number of ether oxygens (including phenoxy) is 1. The minimum absolute atomic E-state index is 0.0409. The molecular weight excluding hydrogens is 252 g/mol. The van der Waals surface area contributed by atoms with Crippen molar-refractivity contribution in [3.8, 4) is 0 Å². The number of nitrogens with one attached hydrogen (secondary N) is 2. The molecule has 0 atom stereocenters. The molecule has 20 heavy (non-hydrogen) atoms. The molecule has 0 bridgehead atoms. The third kappa shape index (κ3) is 5.61. The summed E-state index contributed by atoms with van der Waals surface area (Å²) in [5.74, 6) is -0.0409. The third-order valence-electron chi connectivity index (χ3n) is 3.15. The van der Waals surface area contributed by atoms with E-state index in [4.69, 9.17) is 4.74 Å². The van der Waals surface area contributed by atoms with Crippen LogP contribution in [0.5, 0.6) is 0 Å². The van der Waals surface area contributed by atoms with Gasteiger partial charge in [-0.1, -0.05) is 6.07 Å². The molecule has 1 aromatic rings.